The summed E-state index contributed by atoms with van der Waals surface area (Å²) in [6, 6.07) is 18.2. The number of benzene rings is 3. The summed E-state index contributed by atoms with van der Waals surface area (Å²) in [5, 5.41) is 4.71. The van der Waals surface area contributed by atoms with Crippen LogP contribution in [0.15, 0.2) is 60.7 Å². The van der Waals surface area contributed by atoms with Crippen LogP contribution in [0.5, 0.6) is 5.75 Å². The van der Waals surface area contributed by atoms with E-state index in [1.807, 2.05) is 42.5 Å². The SMILES string of the molecule is CC1(C)COc2ccc(NS(=O)(=O)Cc3cccc4ccccc34)cc2NC1=O. The van der Waals surface area contributed by atoms with Crippen molar-refractivity contribution in [2.75, 3.05) is 16.6 Å². The fraction of sp³-hybridized carbons (Fsp3) is 0.227. The number of anilines is 2. The van der Waals surface area contributed by atoms with Crippen LogP contribution in [0.25, 0.3) is 10.8 Å². The van der Waals surface area contributed by atoms with Gasteiger partial charge in [-0.2, -0.15) is 0 Å². The zero-order valence-corrected chi connectivity index (χ0v) is 17.0. The molecule has 150 valence electrons. The number of sulfonamides is 1. The number of carbonyl (C=O) groups is 1. The molecule has 3 aromatic rings. The zero-order valence-electron chi connectivity index (χ0n) is 16.2. The summed E-state index contributed by atoms with van der Waals surface area (Å²) in [6.07, 6.45) is 0. The maximum atomic E-state index is 12.8. The van der Waals surface area contributed by atoms with E-state index >= 15 is 0 Å². The van der Waals surface area contributed by atoms with Crippen LogP contribution < -0.4 is 14.8 Å². The van der Waals surface area contributed by atoms with Crippen molar-refractivity contribution < 1.29 is 17.9 Å². The number of rotatable bonds is 4. The largest absolute Gasteiger partial charge is 0.490 e. The molecule has 0 fully saturated rings. The molecule has 1 aliphatic heterocycles. The van der Waals surface area contributed by atoms with E-state index in [4.69, 9.17) is 4.74 Å². The number of ether oxygens (including phenoxy) is 1. The van der Waals surface area contributed by atoms with E-state index in [2.05, 4.69) is 10.0 Å². The van der Waals surface area contributed by atoms with Gasteiger partial charge in [-0.05, 0) is 48.4 Å². The van der Waals surface area contributed by atoms with Gasteiger partial charge in [0.15, 0.2) is 0 Å². The standard InChI is InChI=1S/C22H22N2O4S/c1-22(2)14-28-20-11-10-17(12-19(20)23-21(22)25)24-29(26,27)13-16-8-5-7-15-6-3-4-9-18(15)16/h3-12,24H,13-14H2,1-2H3,(H,23,25). The van der Waals surface area contributed by atoms with Gasteiger partial charge in [-0.25, -0.2) is 8.42 Å². The Labute approximate surface area is 169 Å². The zero-order chi connectivity index (χ0) is 20.6. The van der Waals surface area contributed by atoms with E-state index in [0.717, 1.165) is 16.3 Å². The van der Waals surface area contributed by atoms with Crippen molar-refractivity contribution in [1.82, 2.24) is 0 Å². The number of amides is 1. The van der Waals surface area contributed by atoms with E-state index in [0.29, 0.717) is 17.1 Å². The number of nitrogens with one attached hydrogen (secondary N) is 2. The first-order valence-electron chi connectivity index (χ1n) is 9.29. The number of fused-ring (bicyclic) bond motifs is 2. The highest BCUT2D eigenvalue weighted by atomic mass is 32.2. The molecule has 1 heterocycles. The lowest BCUT2D eigenvalue weighted by atomic mass is 9.94. The molecule has 3 aromatic carbocycles. The average Bonchev–Trinajstić information content (AvgIpc) is 2.77. The lowest BCUT2D eigenvalue weighted by Crippen LogP contribution is -2.33. The third kappa shape index (κ3) is 4.05. The fourth-order valence-electron chi connectivity index (χ4n) is 3.27. The van der Waals surface area contributed by atoms with E-state index in [-0.39, 0.29) is 18.3 Å². The van der Waals surface area contributed by atoms with E-state index in [1.54, 1.807) is 32.0 Å². The van der Waals surface area contributed by atoms with Gasteiger partial charge in [0.2, 0.25) is 15.9 Å². The van der Waals surface area contributed by atoms with Crippen molar-refractivity contribution >= 4 is 38.1 Å². The first-order valence-corrected chi connectivity index (χ1v) is 10.9. The molecule has 0 spiro atoms. The van der Waals surface area contributed by atoms with Crippen molar-refractivity contribution in [3.8, 4) is 5.75 Å². The average molecular weight is 410 g/mol. The van der Waals surface area contributed by atoms with Gasteiger partial charge < -0.3 is 10.1 Å². The van der Waals surface area contributed by atoms with Crippen LogP contribution >= 0.6 is 0 Å². The van der Waals surface area contributed by atoms with Crippen LogP contribution in [-0.2, 0) is 20.6 Å². The van der Waals surface area contributed by atoms with Crippen LogP contribution in [0.2, 0.25) is 0 Å². The summed E-state index contributed by atoms with van der Waals surface area (Å²) in [7, 11) is -3.65. The van der Waals surface area contributed by atoms with Crippen molar-refractivity contribution in [1.29, 1.82) is 0 Å². The van der Waals surface area contributed by atoms with Gasteiger partial charge in [0.1, 0.15) is 12.4 Å². The summed E-state index contributed by atoms with van der Waals surface area (Å²) in [5.74, 6) is 0.189. The second-order valence-electron chi connectivity index (χ2n) is 7.84. The molecule has 0 atom stereocenters. The highest BCUT2D eigenvalue weighted by molar-refractivity contribution is 7.91. The molecule has 6 nitrogen and oxygen atoms in total. The highest BCUT2D eigenvalue weighted by Crippen LogP contribution is 2.34. The molecule has 0 unspecified atom stereocenters. The molecule has 29 heavy (non-hydrogen) atoms. The van der Waals surface area contributed by atoms with Crippen molar-refractivity contribution in [2.45, 2.75) is 19.6 Å². The maximum Gasteiger partial charge on any atom is 0.236 e. The maximum absolute atomic E-state index is 12.8. The van der Waals surface area contributed by atoms with E-state index < -0.39 is 15.4 Å². The molecule has 4 rings (SSSR count). The summed E-state index contributed by atoms with van der Waals surface area (Å²) >= 11 is 0. The highest BCUT2D eigenvalue weighted by Gasteiger charge is 2.32. The Hall–Kier alpha value is -3.06. The molecular formula is C22H22N2O4S. The third-order valence-corrected chi connectivity index (χ3v) is 6.17. The summed E-state index contributed by atoms with van der Waals surface area (Å²) < 4.78 is 33.9. The van der Waals surface area contributed by atoms with Gasteiger partial charge in [0.25, 0.3) is 0 Å². The molecule has 0 aliphatic carbocycles. The Balaban J connectivity index is 1.58. The molecule has 2 N–H and O–H groups in total. The Kier molecular flexibility index (Phi) is 4.70. The number of hydrogen-bond donors (Lipinski definition) is 2. The van der Waals surface area contributed by atoms with Crippen LogP contribution in [0.1, 0.15) is 19.4 Å². The molecule has 0 aromatic heterocycles. The Morgan fingerprint density at radius 2 is 1.83 bits per heavy atom. The lowest BCUT2D eigenvalue weighted by molar-refractivity contribution is -0.124. The Morgan fingerprint density at radius 3 is 2.66 bits per heavy atom. The summed E-state index contributed by atoms with van der Waals surface area (Å²) in [6.45, 7) is 3.84. The van der Waals surface area contributed by atoms with Gasteiger partial charge in [0, 0.05) is 0 Å². The van der Waals surface area contributed by atoms with Gasteiger partial charge in [-0.3, -0.25) is 9.52 Å². The third-order valence-electron chi connectivity index (χ3n) is 4.93. The molecule has 0 radical (unpaired) electrons. The fourth-order valence-corrected chi connectivity index (χ4v) is 4.49. The molecular weight excluding hydrogens is 388 g/mol. The minimum atomic E-state index is -3.65. The van der Waals surface area contributed by atoms with Gasteiger partial charge in [0.05, 0.1) is 22.5 Å². The molecule has 0 saturated heterocycles. The van der Waals surface area contributed by atoms with Crippen molar-refractivity contribution in [3.63, 3.8) is 0 Å². The van der Waals surface area contributed by atoms with Crippen LogP contribution in [-0.4, -0.2) is 20.9 Å². The molecule has 1 amide bonds. The van der Waals surface area contributed by atoms with Crippen molar-refractivity contribution in [2.24, 2.45) is 5.41 Å². The topological polar surface area (TPSA) is 84.5 Å². The number of carbonyl (C=O) groups excluding carboxylic acids is 1. The molecule has 7 heteroatoms. The van der Waals surface area contributed by atoms with Gasteiger partial charge in [-0.1, -0.05) is 42.5 Å². The van der Waals surface area contributed by atoms with Crippen LogP contribution in [0, 0.1) is 5.41 Å². The minimum Gasteiger partial charge on any atom is -0.490 e. The first-order chi connectivity index (χ1) is 13.7. The quantitative estimate of drug-likeness (QED) is 0.677. The predicted octanol–water partition coefficient (Wildman–Crippen LogP) is 4.14. The monoisotopic (exact) mass is 410 g/mol. The van der Waals surface area contributed by atoms with E-state index in [1.165, 1.54) is 0 Å². The summed E-state index contributed by atoms with van der Waals surface area (Å²) in [4.78, 5) is 12.3. The molecule has 0 bridgehead atoms. The van der Waals surface area contributed by atoms with Gasteiger partial charge in [-0.15, -0.1) is 0 Å². The van der Waals surface area contributed by atoms with Crippen molar-refractivity contribution in [3.05, 3.63) is 66.2 Å². The molecule has 1 aliphatic rings. The second-order valence-corrected chi connectivity index (χ2v) is 9.56. The summed E-state index contributed by atoms with van der Waals surface area (Å²) in [5.41, 5.74) is 0.870. The Bertz CT molecular complexity index is 1200. The normalized spacial score (nSPS) is 15.7. The second kappa shape index (κ2) is 7.08. The van der Waals surface area contributed by atoms with Crippen LogP contribution in [0.3, 0.4) is 0 Å². The minimum absolute atomic E-state index is 0.151. The smallest absolute Gasteiger partial charge is 0.236 e. The lowest BCUT2D eigenvalue weighted by Gasteiger charge is -2.18. The number of hydrogen-bond acceptors (Lipinski definition) is 4. The predicted molar refractivity (Wildman–Crippen MR) is 115 cm³/mol. The first kappa shape index (κ1) is 19.3. The van der Waals surface area contributed by atoms with Gasteiger partial charge >= 0.3 is 0 Å². The van der Waals surface area contributed by atoms with E-state index in [9.17, 15) is 13.2 Å². The van der Waals surface area contributed by atoms with Crippen LogP contribution in [0.4, 0.5) is 11.4 Å². The Morgan fingerprint density at radius 1 is 1.07 bits per heavy atom. The molecule has 0 saturated carbocycles.